The van der Waals surface area contributed by atoms with Gasteiger partial charge in [0.05, 0.1) is 12.2 Å². The number of aryl methyl sites for hydroxylation is 1. The van der Waals surface area contributed by atoms with Crippen LogP contribution < -0.4 is 15.2 Å². The predicted molar refractivity (Wildman–Crippen MR) is 71.1 cm³/mol. The molecule has 3 rings (SSSR count). The molecule has 0 aliphatic carbocycles. The van der Waals surface area contributed by atoms with Gasteiger partial charge in [-0.2, -0.15) is 0 Å². The van der Waals surface area contributed by atoms with Crippen LogP contribution in [0.1, 0.15) is 11.4 Å². The molecule has 0 saturated carbocycles. The van der Waals surface area contributed by atoms with Crippen molar-refractivity contribution in [2.24, 2.45) is 5.73 Å². The van der Waals surface area contributed by atoms with Crippen LogP contribution in [0.3, 0.4) is 0 Å². The summed E-state index contributed by atoms with van der Waals surface area (Å²) in [5.74, 6) is 2.19. The van der Waals surface area contributed by atoms with E-state index in [2.05, 4.69) is 9.97 Å². The van der Waals surface area contributed by atoms with E-state index in [9.17, 15) is 0 Å². The van der Waals surface area contributed by atoms with Gasteiger partial charge in [0.1, 0.15) is 19.0 Å². The van der Waals surface area contributed by atoms with E-state index in [1.165, 1.54) is 0 Å². The zero-order valence-electron chi connectivity index (χ0n) is 10.7. The summed E-state index contributed by atoms with van der Waals surface area (Å²) < 4.78 is 11.2. The number of nitrogens with zero attached hydrogens (tertiary/aromatic N) is 2. The summed E-state index contributed by atoms with van der Waals surface area (Å²) in [7, 11) is 0. The average molecular weight is 257 g/mol. The maximum Gasteiger partial charge on any atom is 0.162 e. The fraction of sp³-hybridized carbons (Fsp3) is 0.286. The number of hydrogen-bond acceptors (Lipinski definition) is 5. The van der Waals surface area contributed by atoms with Gasteiger partial charge in [0, 0.05) is 11.8 Å². The van der Waals surface area contributed by atoms with E-state index in [0.29, 0.717) is 25.6 Å². The first kappa shape index (κ1) is 11.9. The lowest BCUT2D eigenvalue weighted by molar-refractivity contribution is 0.171. The molecular formula is C14H15N3O2. The number of nitrogens with two attached hydrogens (primary N) is 1. The largest absolute Gasteiger partial charge is 0.486 e. The first-order valence-electron chi connectivity index (χ1n) is 6.20. The van der Waals surface area contributed by atoms with Crippen LogP contribution in [0, 0.1) is 6.92 Å². The second-order valence-corrected chi connectivity index (χ2v) is 4.37. The molecule has 1 aromatic carbocycles. The van der Waals surface area contributed by atoms with Crippen LogP contribution in [-0.2, 0) is 6.54 Å². The van der Waals surface area contributed by atoms with Gasteiger partial charge in [0.2, 0.25) is 0 Å². The molecule has 2 N–H and O–H groups in total. The minimum Gasteiger partial charge on any atom is -0.486 e. The van der Waals surface area contributed by atoms with Crippen molar-refractivity contribution in [3.8, 4) is 22.8 Å². The lowest BCUT2D eigenvalue weighted by Crippen LogP contribution is -2.15. The van der Waals surface area contributed by atoms with E-state index in [1.807, 2.05) is 25.1 Å². The topological polar surface area (TPSA) is 70.3 Å². The molecule has 0 amide bonds. The molecule has 19 heavy (non-hydrogen) atoms. The average Bonchev–Trinajstić information content (AvgIpc) is 2.46. The maximum atomic E-state index is 5.60. The van der Waals surface area contributed by atoms with Crippen molar-refractivity contribution in [3.63, 3.8) is 0 Å². The summed E-state index contributed by atoms with van der Waals surface area (Å²) >= 11 is 0. The minimum atomic E-state index is 0.331. The fourth-order valence-electron chi connectivity index (χ4n) is 2.11. The van der Waals surface area contributed by atoms with Gasteiger partial charge in [-0.3, -0.25) is 0 Å². The quantitative estimate of drug-likeness (QED) is 0.886. The van der Waals surface area contributed by atoms with Crippen molar-refractivity contribution < 1.29 is 9.47 Å². The van der Waals surface area contributed by atoms with Gasteiger partial charge in [0.25, 0.3) is 0 Å². The molecule has 0 atom stereocenters. The first-order valence-corrected chi connectivity index (χ1v) is 6.20. The van der Waals surface area contributed by atoms with Crippen molar-refractivity contribution in [1.29, 1.82) is 0 Å². The van der Waals surface area contributed by atoms with Gasteiger partial charge >= 0.3 is 0 Å². The second kappa shape index (κ2) is 4.85. The van der Waals surface area contributed by atoms with Crippen molar-refractivity contribution >= 4 is 0 Å². The summed E-state index contributed by atoms with van der Waals surface area (Å²) in [5.41, 5.74) is 8.53. The smallest absolute Gasteiger partial charge is 0.162 e. The fourth-order valence-corrected chi connectivity index (χ4v) is 2.11. The number of aromatic nitrogens is 2. The Morgan fingerprint density at radius 1 is 1.21 bits per heavy atom. The van der Waals surface area contributed by atoms with Crippen LogP contribution in [0.2, 0.25) is 0 Å². The van der Waals surface area contributed by atoms with E-state index in [1.54, 1.807) is 6.20 Å². The third-order valence-corrected chi connectivity index (χ3v) is 3.05. The molecule has 2 aromatic rings. The maximum absolute atomic E-state index is 5.60. The Morgan fingerprint density at radius 3 is 2.68 bits per heavy atom. The summed E-state index contributed by atoms with van der Waals surface area (Å²) in [5, 5.41) is 0. The third-order valence-electron chi connectivity index (χ3n) is 3.05. The summed E-state index contributed by atoms with van der Waals surface area (Å²) in [6, 6.07) is 5.82. The zero-order chi connectivity index (χ0) is 13.2. The van der Waals surface area contributed by atoms with E-state index in [0.717, 1.165) is 28.3 Å². The van der Waals surface area contributed by atoms with Gasteiger partial charge in [-0.05, 0) is 30.7 Å². The Kier molecular flexibility index (Phi) is 3.05. The van der Waals surface area contributed by atoms with Gasteiger partial charge in [-0.1, -0.05) is 0 Å². The molecule has 1 aliphatic heterocycles. The Bertz CT molecular complexity index is 614. The molecule has 1 aliphatic rings. The van der Waals surface area contributed by atoms with Crippen LogP contribution in [0.4, 0.5) is 0 Å². The molecule has 0 bridgehead atoms. The molecule has 0 saturated heterocycles. The van der Waals surface area contributed by atoms with Gasteiger partial charge in [-0.25, -0.2) is 9.97 Å². The summed E-state index contributed by atoms with van der Waals surface area (Å²) in [6.07, 6.45) is 1.72. The molecular weight excluding hydrogens is 242 g/mol. The highest BCUT2D eigenvalue weighted by molar-refractivity contribution is 5.68. The van der Waals surface area contributed by atoms with E-state index in [4.69, 9.17) is 15.2 Å². The van der Waals surface area contributed by atoms with Gasteiger partial charge in [0.15, 0.2) is 11.5 Å². The summed E-state index contributed by atoms with van der Waals surface area (Å²) in [6.45, 7) is 3.53. The number of ether oxygens (including phenoxy) is 2. The SMILES string of the molecule is Cc1cc2c(cc1-c1ccnc(CN)n1)OCCO2. The van der Waals surface area contributed by atoms with E-state index >= 15 is 0 Å². The Morgan fingerprint density at radius 2 is 1.95 bits per heavy atom. The van der Waals surface area contributed by atoms with Crippen molar-refractivity contribution in [1.82, 2.24) is 9.97 Å². The number of benzene rings is 1. The van der Waals surface area contributed by atoms with Crippen LogP contribution in [-0.4, -0.2) is 23.2 Å². The molecule has 2 heterocycles. The molecule has 98 valence electrons. The summed E-state index contributed by atoms with van der Waals surface area (Å²) in [4.78, 5) is 8.55. The molecule has 0 unspecified atom stereocenters. The lowest BCUT2D eigenvalue weighted by atomic mass is 10.0. The molecule has 0 spiro atoms. The normalized spacial score (nSPS) is 13.4. The van der Waals surface area contributed by atoms with Gasteiger partial charge < -0.3 is 15.2 Å². The highest BCUT2D eigenvalue weighted by atomic mass is 16.6. The van der Waals surface area contributed by atoms with Crippen LogP contribution in [0.15, 0.2) is 24.4 Å². The van der Waals surface area contributed by atoms with Crippen LogP contribution >= 0.6 is 0 Å². The number of hydrogen-bond donors (Lipinski definition) is 1. The van der Waals surface area contributed by atoms with Gasteiger partial charge in [-0.15, -0.1) is 0 Å². The number of fused-ring (bicyclic) bond motifs is 1. The Balaban J connectivity index is 2.08. The predicted octanol–water partition coefficient (Wildman–Crippen LogP) is 1.68. The number of rotatable bonds is 2. The van der Waals surface area contributed by atoms with Crippen LogP contribution in [0.5, 0.6) is 11.5 Å². The molecule has 1 aromatic heterocycles. The van der Waals surface area contributed by atoms with Crippen molar-refractivity contribution in [3.05, 3.63) is 35.8 Å². The Labute approximate surface area is 111 Å². The third kappa shape index (κ3) is 2.24. The highest BCUT2D eigenvalue weighted by Gasteiger charge is 2.15. The van der Waals surface area contributed by atoms with Crippen LogP contribution in [0.25, 0.3) is 11.3 Å². The molecule has 5 heteroatoms. The highest BCUT2D eigenvalue weighted by Crippen LogP contribution is 2.36. The van der Waals surface area contributed by atoms with Crippen molar-refractivity contribution in [2.75, 3.05) is 13.2 Å². The van der Waals surface area contributed by atoms with E-state index in [-0.39, 0.29) is 0 Å². The zero-order valence-corrected chi connectivity index (χ0v) is 10.7. The molecule has 0 fully saturated rings. The molecule has 5 nitrogen and oxygen atoms in total. The lowest BCUT2D eigenvalue weighted by Gasteiger charge is -2.20. The Hall–Kier alpha value is -2.14. The molecule has 0 radical (unpaired) electrons. The van der Waals surface area contributed by atoms with Crippen molar-refractivity contribution in [2.45, 2.75) is 13.5 Å². The van der Waals surface area contributed by atoms with E-state index < -0.39 is 0 Å². The minimum absolute atomic E-state index is 0.331. The second-order valence-electron chi connectivity index (χ2n) is 4.37. The first-order chi connectivity index (χ1) is 9.28. The standard InChI is InChI=1S/C14H15N3O2/c1-9-6-12-13(19-5-4-18-12)7-10(9)11-2-3-16-14(8-15)17-11/h2-3,6-7H,4-5,8,15H2,1H3. The monoisotopic (exact) mass is 257 g/mol.